The van der Waals surface area contributed by atoms with Gasteiger partial charge in [-0.15, -0.1) is 0 Å². The number of carbonyl (C=O) groups is 3. The van der Waals surface area contributed by atoms with Gasteiger partial charge in [0.15, 0.2) is 0 Å². The minimum atomic E-state index is -0.825. The van der Waals surface area contributed by atoms with Crippen LogP contribution < -0.4 is 10.2 Å². The smallest absolute Gasteiger partial charge is 0.250 e. The van der Waals surface area contributed by atoms with Crippen LogP contribution >= 0.6 is 0 Å². The highest BCUT2D eigenvalue weighted by atomic mass is 16.3. The van der Waals surface area contributed by atoms with Crippen molar-refractivity contribution >= 4 is 23.4 Å². The molecule has 1 spiro atoms. The first-order valence-corrected chi connectivity index (χ1v) is 14.3. The summed E-state index contributed by atoms with van der Waals surface area (Å²) in [5, 5.41) is 2.85. The van der Waals surface area contributed by atoms with E-state index < -0.39 is 11.5 Å². The van der Waals surface area contributed by atoms with Crippen molar-refractivity contribution in [3.63, 3.8) is 0 Å². The predicted octanol–water partition coefficient (Wildman–Crippen LogP) is 4.40. The summed E-state index contributed by atoms with van der Waals surface area (Å²) in [7, 11) is 0. The normalized spacial score (nSPS) is 16.3. The van der Waals surface area contributed by atoms with Crippen LogP contribution in [0.2, 0.25) is 0 Å². The van der Waals surface area contributed by atoms with E-state index in [1.54, 1.807) is 23.3 Å². The quantitative estimate of drug-likeness (QED) is 0.344. The van der Waals surface area contributed by atoms with E-state index in [4.69, 9.17) is 4.42 Å². The molecule has 8 heteroatoms. The fourth-order valence-corrected chi connectivity index (χ4v) is 6.20. The molecule has 8 nitrogen and oxygen atoms in total. The summed E-state index contributed by atoms with van der Waals surface area (Å²) < 4.78 is 5.31. The van der Waals surface area contributed by atoms with Crippen molar-refractivity contribution < 1.29 is 18.8 Å². The summed E-state index contributed by atoms with van der Waals surface area (Å²) in [4.78, 5) is 46.6. The summed E-state index contributed by atoms with van der Waals surface area (Å²) in [6.45, 7) is 1.42. The van der Waals surface area contributed by atoms with Crippen LogP contribution in [0, 0.1) is 0 Å². The number of furan rings is 1. The molecule has 0 aliphatic carbocycles. The molecule has 4 aromatic rings. The molecule has 2 aliphatic rings. The van der Waals surface area contributed by atoms with Gasteiger partial charge in [0.05, 0.1) is 25.4 Å². The van der Waals surface area contributed by atoms with Crippen LogP contribution in [0.15, 0.2) is 114 Å². The SMILES string of the molecule is O=C(CN1CN(c2ccccc2)C2(CCN(C(=O)C(c3ccccc3)c3ccccc3)CC2)C1=O)NCc1ccco1. The van der Waals surface area contributed by atoms with Gasteiger partial charge < -0.3 is 24.4 Å². The molecule has 2 aliphatic heterocycles. The van der Waals surface area contributed by atoms with E-state index in [0.717, 1.165) is 16.8 Å². The van der Waals surface area contributed by atoms with E-state index >= 15 is 0 Å². The van der Waals surface area contributed by atoms with Gasteiger partial charge in [-0.2, -0.15) is 0 Å². The number of hydrogen-bond donors (Lipinski definition) is 1. The zero-order chi connectivity index (χ0) is 28.9. The topological polar surface area (TPSA) is 86.1 Å². The standard InChI is InChI=1S/C34H34N4O4/c39-30(35-23-29-17-10-22-42-29)24-37-25-38(28-15-8-3-9-16-28)34(33(37)41)18-20-36(21-19-34)32(40)31(26-11-4-1-5-12-26)27-13-6-2-7-14-27/h1-17,22,31H,18-21,23-25H2,(H,35,39). The van der Waals surface area contributed by atoms with Gasteiger partial charge >= 0.3 is 0 Å². The largest absolute Gasteiger partial charge is 0.467 e. The van der Waals surface area contributed by atoms with Gasteiger partial charge in [-0.3, -0.25) is 14.4 Å². The Balaban J connectivity index is 1.21. The molecule has 0 bridgehead atoms. The number of para-hydroxylation sites is 1. The molecular weight excluding hydrogens is 528 g/mol. The average Bonchev–Trinajstić information content (AvgIpc) is 3.65. The second-order valence-electron chi connectivity index (χ2n) is 10.9. The van der Waals surface area contributed by atoms with Crippen molar-refractivity contribution in [2.75, 3.05) is 31.2 Å². The Bertz CT molecular complexity index is 1460. The maximum Gasteiger partial charge on any atom is 0.250 e. The third-order valence-electron chi connectivity index (χ3n) is 8.37. The Morgan fingerprint density at radius 3 is 1.98 bits per heavy atom. The highest BCUT2D eigenvalue weighted by Gasteiger charge is 2.54. The molecular formula is C34H34N4O4. The first-order chi connectivity index (χ1) is 20.5. The second-order valence-corrected chi connectivity index (χ2v) is 10.9. The summed E-state index contributed by atoms with van der Waals surface area (Å²) in [6, 6.07) is 33.1. The molecule has 214 valence electrons. The first kappa shape index (κ1) is 27.3. The predicted molar refractivity (Wildman–Crippen MR) is 159 cm³/mol. The molecule has 2 saturated heterocycles. The molecule has 3 aromatic carbocycles. The molecule has 0 radical (unpaired) electrons. The van der Waals surface area contributed by atoms with E-state index in [9.17, 15) is 14.4 Å². The first-order valence-electron chi connectivity index (χ1n) is 14.3. The van der Waals surface area contributed by atoms with Gasteiger partial charge in [0.2, 0.25) is 11.8 Å². The Kier molecular flexibility index (Phi) is 7.77. The number of nitrogens with one attached hydrogen (secondary N) is 1. The van der Waals surface area contributed by atoms with Crippen molar-refractivity contribution in [3.8, 4) is 0 Å². The van der Waals surface area contributed by atoms with Crippen LogP contribution in [0.3, 0.4) is 0 Å². The number of rotatable bonds is 8. The van der Waals surface area contributed by atoms with Crippen LogP contribution in [0.1, 0.15) is 35.6 Å². The Morgan fingerprint density at radius 1 is 0.810 bits per heavy atom. The van der Waals surface area contributed by atoms with Crippen LogP contribution in [-0.2, 0) is 20.9 Å². The van der Waals surface area contributed by atoms with Crippen molar-refractivity contribution in [1.29, 1.82) is 0 Å². The number of piperidine rings is 1. The molecule has 0 saturated carbocycles. The lowest BCUT2D eigenvalue weighted by Crippen LogP contribution is -2.58. The third-order valence-corrected chi connectivity index (χ3v) is 8.37. The number of hydrogen-bond acceptors (Lipinski definition) is 5. The number of amides is 3. The van der Waals surface area contributed by atoms with E-state index in [1.165, 1.54) is 0 Å². The van der Waals surface area contributed by atoms with E-state index in [-0.39, 0.29) is 30.8 Å². The van der Waals surface area contributed by atoms with Crippen LogP contribution in [-0.4, -0.2) is 59.4 Å². The van der Waals surface area contributed by atoms with Crippen LogP contribution in [0.25, 0.3) is 0 Å². The van der Waals surface area contributed by atoms with Crippen LogP contribution in [0.4, 0.5) is 5.69 Å². The van der Waals surface area contributed by atoms with Gasteiger partial charge in [-0.05, 0) is 48.2 Å². The number of anilines is 1. The molecule has 42 heavy (non-hydrogen) atoms. The zero-order valence-electron chi connectivity index (χ0n) is 23.4. The Hall–Kier alpha value is -4.85. The fourth-order valence-electron chi connectivity index (χ4n) is 6.20. The summed E-state index contributed by atoms with van der Waals surface area (Å²) in [5.41, 5.74) is 2.00. The highest BCUT2D eigenvalue weighted by Crippen LogP contribution is 2.40. The van der Waals surface area contributed by atoms with Crippen molar-refractivity contribution in [2.45, 2.75) is 30.8 Å². The summed E-state index contributed by atoms with van der Waals surface area (Å²) in [6.07, 6.45) is 2.52. The van der Waals surface area contributed by atoms with Crippen LogP contribution in [0.5, 0.6) is 0 Å². The van der Waals surface area contributed by atoms with Gasteiger partial charge in [0.1, 0.15) is 17.8 Å². The fraction of sp³-hybridized carbons (Fsp3) is 0.265. The molecule has 2 fully saturated rings. The zero-order valence-corrected chi connectivity index (χ0v) is 23.4. The molecule has 1 aromatic heterocycles. The van der Waals surface area contributed by atoms with Crippen molar-refractivity contribution in [3.05, 3.63) is 126 Å². The van der Waals surface area contributed by atoms with Gasteiger partial charge in [-0.25, -0.2) is 0 Å². The molecule has 6 rings (SSSR count). The van der Waals surface area contributed by atoms with Gasteiger partial charge in [-0.1, -0.05) is 78.9 Å². The number of benzene rings is 3. The Labute approximate surface area is 245 Å². The Morgan fingerprint density at radius 2 is 1.40 bits per heavy atom. The lowest BCUT2D eigenvalue weighted by atomic mass is 9.83. The maximum absolute atomic E-state index is 14.1. The van der Waals surface area contributed by atoms with Crippen molar-refractivity contribution in [1.82, 2.24) is 15.1 Å². The molecule has 3 amide bonds. The molecule has 3 heterocycles. The maximum atomic E-state index is 14.1. The summed E-state index contributed by atoms with van der Waals surface area (Å²) in [5.74, 6) is -0.0477. The lowest BCUT2D eigenvalue weighted by molar-refractivity contribution is -0.140. The minimum absolute atomic E-state index is 0.0353. The van der Waals surface area contributed by atoms with Gasteiger partial charge in [0.25, 0.3) is 5.91 Å². The van der Waals surface area contributed by atoms with E-state index in [1.807, 2.05) is 95.9 Å². The van der Waals surface area contributed by atoms with Gasteiger partial charge in [0, 0.05) is 18.8 Å². The second kappa shape index (κ2) is 11.9. The highest BCUT2D eigenvalue weighted by molar-refractivity contribution is 5.96. The number of likely N-dealkylation sites (tertiary alicyclic amines) is 1. The van der Waals surface area contributed by atoms with Crippen molar-refractivity contribution in [2.24, 2.45) is 0 Å². The van der Waals surface area contributed by atoms with E-state index in [2.05, 4.69) is 10.2 Å². The average molecular weight is 563 g/mol. The molecule has 1 N–H and O–H groups in total. The number of nitrogens with zero attached hydrogens (tertiary/aromatic N) is 3. The van der Waals surface area contributed by atoms with E-state index in [0.29, 0.717) is 38.4 Å². The number of carbonyl (C=O) groups excluding carboxylic acids is 3. The minimum Gasteiger partial charge on any atom is -0.467 e. The summed E-state index contributed by atoms with van der Waals surface area (Å²) >= 11 is 0. The third kappa shape index (κ3) is 5.40. The monoisotopic (exact) mass is 562 g/mol. The molecule has 0 unspecified atom stereocenters. The molecule has 0 atom stereocenters. The lowest BCUT2D eigenvalue weighted by Gasteiger charge is -2.44.